The second-order valence-electron chi connectivity index (χ2n) is 3.05. The highest BCUT2D eigenvalue weighted by molar-refractivity contribution is 7.12. The van der Waals surface area contributed by atoms with Crippen LogP contribution >= 0.6 is 11.3 Å². The van der Waals surface area contributed by atoms with Gasteiger partial charge in [0.2, 0.25) is 0 Å². The van der Waals surface area contributed by atoms with Crippen LogP contribution in [0.25, 0.3) is 0 Å². The molecule has 0 aromatic carbocycles. The lowest BCUT2D eigenvalue weighted by atomic mass is 10.2. The topological polar surface area (TPSA) is 56.0 Å². The van der Waals surface area contributed by atoms with E-state index in [1.165, 1.54) is 11.3 Å². The van der Waals surface area contributed by atoms with Gasteiger partial charge in [0.25, 0.3) is 0 Å². The second kappa shape index (κ2) is 5.76. The molecule has 0 amide bonds. The zero-order valence-electron chi connectivity index (χ0n) is 8.16. The Morgan fingerprint density at radius 2 is 2.43 bits per heavy atom. The fourth-order valence-corrected chi connectivity index (χ4v) is 1.87. The van der Waals surface area contributed by atoms with Crippen molar-refractivity contribution in [2.45, 2.75) is 25.9 Å². The molecule has 4 heteroatoms. The molecule has 1 rings (SSSR count). The van der Waals surface area contributed by atoms with Crippen LogP contribution in [0.15, 0.2) is 12.1 Å². The van der Waals surface area contributed by atoms with Crippen molar-refractivity contribution in [2.75, 3.05) is 6.61 Å². The molecule has 0 saturated carbocycles. The number of rotatable bonds is 5. The predicted octanol–water partition coefficient (Wildman–Crippen LogP) is 1.48. The lowest BCUT2D eigenvalue weighted by Crippen LogP contribution is -2.30. The van der Waals surface area contributed by atoms with E-state index in [0.717, 1.165) is 22.7 Å². The molecule has 76 valence electrons. The van der Waals surface area contributed by atoms with Gasteiger partial charge in [0.05, 0.1) is 6.61 Å². The largest absolute Gasteiger partial charge is 0.395 e. The Labute approximate surface area is 88.0 Å². The Kier molecular flexibility index (Phi) is 4.60. The third kappa shape index (κ3) is 3.11. The number of nitrogens with zero attached hydrogens (tertiary/aromatic N) is 1. The molecule has 1 atom stereocenters. The van der Waals surface area contributed by atoms with Crippen LogP contribution in [-0.2, 0) is 6.54 Å². The van der Waals surface area contributed by atoms with E-state index in [1.807, 2.05) is 19.1 Å². The summed E-state index contributed by atoms with van der Waals surface area (Å²) in [5.41, 5.74) is 0. The van der Waals surface area contributed by atoms with Crippen molar-refractivity contribution in [3.8, 4) is 6.07 Å². The summed E-state index contributed by atoms with van der Waals surface area (Å²) in [5.74, 6) is 0. The van der Waals surface area contributed by atoms with Gasteiger partial charge in [-0.3, -0.25) is 0 Å². The first-order valence-electron chi connectivity index (χ1n) is 4.63. The van der Waals surface area contributed by atoms with Crippen LogP contribution in [0.2, 0.25) is 0 Å². The van der Waals surface area contributed by atoms with Crippen LogP contribution in [0, 0.1) is 11.3 Å². The molecular formula is C10H14N2OS. The summed E-state index contributed by atoms with van der Waals surface area (Å²) >= 11 is 1.49. The molecule has 0 saturated heterocycles. The molecule has 1 heterocycles. The van der Waals surface area contributed by atoms with E-state index in [1.54, 1.807) is 0 Å². The third-order valence-electron chi connectivity index (χ3n) is 2.05. The number of hydrogen-bond acceptors (Lipinski definition) is 4. The van der Waals surface area contributed by atoms with Crippen LogP contribution in [-0.4, -0.2) is 17.8 Å². The van der Waals surface area contributed by atoms with Gasteiger partial charge in [-0.05, 0) is 18.6 Å². The summed E-state index contributed by atoms with van der Waals surface area (Å²) in [7, 11) is 0. The van der Waals surface area contributed by atoms with Crippen molar-refractivity contribution in [2.24, 2.45) is 0 Å². The van der Waals surface area contributed by atoms with Gasteiger partial charge in [-0.15, -0.1) is 11.3 Å². The van der Waals surface area contributed by atoms with Gasteiger partial charge in [0.15, 0.2) is 0 Å². The molecule has 14 heavy (non-hydrogen) atoms. The van der Waals surface area contributed by atoms with Gasteiger partial charge in [0, 0.05) is 17.5 Å². The Morgan fingerprint density at radius 1 is 1.64 bits per heavy atom. The van der Waals surface area contributed by atoms with E-state index >= 15 is 0 Å². The van der Waals surface area contributed by atoms with Crippen LogP contribution in [0.3, 0.4) is 0 Å². The standard InChI is InChI=1S/C10H14N2OS/c1-2-8(7-13)12-6-10-4-3-9(5-11)14-10/h3-4,8,12-13H,2,6-7H2,1H3. The highest BCUT2D eigenvalue weighted by Gasteiger charge is 2.04. The summed E-state index contributed by atoms with van der Waals surface area (Å²) in [6.45, 7) is 2.92. The molecule has 1 aromatic heterocycles. The Hall–Kier alpha value is -0.890. The Balaban J connectivity index is 2.41. The summed E-state index contributed by atoms with van der Waals surface area (Å²) in [6.07, 6.45) is 0.910. The van der Waals surface area contributed by atoms with E-state index < -0.39 is 0 Å². The average Bonchev–Trinajstić information content (AvgIpc) is 2.67. The normalized spacial score (nSPS) is 12.4. The van der Waals surface area contributed by atoms with E-state index in [0.29, 0.717) is 0 Å². The minimum absolute atomic E-state index is 0.155. The molecule has 0 aliphatic carbocycles. The molecule has 0 fully saturated rings. The number of thiophene rings is 1. The number of aliphatic hydroxyl groups is 1. The summed E-state index contributed by atoms with van der Waals surface area (Å²) < 4.78 is 0. The van der Waals surface area contributed by atoms with Crippen LogP contribution in [0.1, 0.15) is 23.1 Å². The zero-order chi connectivity index (χ0) is 10.4. The number of nitrogens with one attached hydrogen (secondary N) is 1. The maximum Gasteiger partial charge on any atom is 0.110 e. The molecule has 2 N–H and O–H groups in total. The van der Waals surface area contributed by atoms with Crippen LogP contribution < -0.4 is 5.32 Å². The molecule has 3 nitrogen and oxygen atoms in total. The van der Waals surface area contributed by atoms with Crippen molar-refractivity contribution in [1.29, 1.82) is 5.26 Å². The van der Waals surface area contributed by atoms with E-state index in [2.05, 4.69) is 11.4 Å². The quantitative estimate of drug-likeness (QED) is 0.774. The monoisotopic (exact) mass is 210 g/mol. The maximum absolute atomic E-state index is 8.94. The highest BCUT2D eigenvalue weighted by Crippen LogP contribution is 2.14. The highest BCUT2D eigenvalue weighted by atomic mass is 32.1. The van der Waals surface area contributed by atoms with Crippen molar-refractivity contribution in [3.05, 3.63) is 21.9 Å². The number of nitriles is 1. The first-order valence-corrected chi connectivity index (χ1v) is 5.44. The minimum Gasteiger partial charge on any atom is -0.395 e. The fourth-order valence-electron chi connectivity index (χ4n) is 1.12. The summed E-state index contributed by atoms with van der Waals surface area (Å²) in [6, 6.07) is 6.03. The predicted molar refractivity (Wildman–Crippen MR) is 57.0 cm³/mol. The molecule has 0 spiro atoms. The van der Waals surface area contributed by atoms with Crippen molar-refractivity contribution in [3.63, 3.8) is 0 Å². The second-order valence-corrected chi connectivity index (χ2v) is 4.21. The lowest BCUT2D eigenvalue weighted by molar-refractivity contribution is 0.238. The lowest BCUT2D eigenvalue weighted by Gasteiger charge is -2.12. The molecular weight excluding hydrogens is 196 g/mol. The Morgan fingerprint density at radius 3 is 2.93 bits per heavy atom. The van der Waals surface area contributed by atoms with Gasteiger partial charge in [-0.1, -0.05) is 6.92 Å². The van der Waals surface area contributed by atoms with Crippen molar-refractivity contribution in [1.82, 2.24) is 5.32 Å². The van der Waals surface area contributed by atoms with Gasteiger partial charge < -0.3 is 10.4 Å². The third-order valence-corrected chi connectivity index (χ3v) is 3.04. The number of aliphatic hydroxyl groups excluding tert-OH is 1. The average molecular weight is 210 g/mol. The summed E-state index contributed by atoms with van der Waals surface area (Å²) in [5, 5.41) is 20.8. The Bertz CT molecular complexity index is 312. The van der Waals surface area contributed by atoms with Gasteiger partial charge in [-0.25, -0.2) is 0 Å². The summed E-state index contributed by atoms with van der Waals surface area (Å²) in [4.78, 5) is 1.87. The smallest absolute Gasteiger partial charge is 0.110 e. The molecule has 0 aliphatic rings. The molecule has 0 aliphatic heterocycles. The molecule has 1 unspecified atom stereocenters. The molecule has 0 bridgehead atoms. The van der Waals surface area contributed by atoms with Gasteiger partial charge >= 0.3 is 0 Å². The van der Waals surface area contributed by atoms with Crippen LogP contribution in [0.4, 0.5) is 0 Å². The zero-order valence-corrected chi connectivity index (χ0v) is 8.97. The van der Waals surface area contributed by atoms with E-state index in [4.69, 9.17) is 10.4 Å². The number of hydrogen-bond donors (Lipinski definition) is 2. The van der Waals surface area contributed by atoms with Gasteiger partial charge in [0.1, 0.15) is 10.9 Å². The fraction of sp³-hybridized carbons (Fsp3) is 0.500. The van der Waals surface area contributed by atoms with Crippen LogP contribution in [0.5, 0.6) is 0 Å². The minimum atomic E-state index is 0.155. The molecule has 1 aromatic rings. The van der Waals surface area contributed by atoms with Crippen molar-refractivity contribution < 1.29 is 5.11 Å². The van der Waals surface area contributed by atoms with E-state index in [-0.39, 0.29) is 12.6 Å². The SMILES string of the molecule is CCC(CO)NCc1ccc(C#N)s1. The van der Waals surface area contributed by atoms with Gasteiger partial charge in [-0.2, -0.15) is 5.26 Å². The van der Waals surface area contributed by atoms with Crippen molar-refractivity contribution >= 4 is 11.3 Å². The first kappa shape index (κ1) is 11.2. The maximum atomic E-state index is 8.94. The molecule has 0 radical (unpaired) electrons. The first-order chi connectivity index (χ1) is 6.80. The van der Waals surface area contributed by atoms with E-state index in [9.17, 15) is 0 Å².